The number of benzene rings is 1. The number of Topliss-reactive ketones (excluding diaryl/α,β-unsaturated/α-hetero) is 1. The Hall–Kier alpha value is -0.890. The van der Waals surface area contributed by atoms with E-state index in [2.05, 4.69) is 0 Å². The van der Waals surface area contributed by atoms with Crippen LogP contribution in [0.1, 0.15) is 22.8 Å². The highest BCUT2D eigenvalue weighted by molar-refractivity contribution is 6.31. The van der Waals surface area contributed by atoms with Gasteiger partial charge in [0.25, 0.3) is 0 Å². The number of carbonyl (C=O) groups is 1. The number of halogens is 2. The van der Waals surface area contributed by atoms with Gasteiger partial charge in [-0.1, -0.05) is 18.5 Å². The third-order valence-corrected chi connectivity index (χ3v) is 2.60. The van der Waals surface area contributed by atoms with Gasteiger partial charge in [0.15, 0.2) is 5.78 Å². The molecule has 0 bridgehead atoms. The van der Waals surface area contributed by atoms with Crippen molar-refractivity contribution in [3.63, 3.8) is 0 Å². The van der Waals surface area contributed by atoms with Crippen LogP contribution in [0.5, 0.6) is 0 Å². The summed E-state index contributed by atoms with van der Waals surface area (Å²) in [4.78, 5) is 11.5. The first-order chi connectivity index (χ1) is 6.09. The summed E-state index contributed by atoms with van der Waals surface area (Å²) in [5.41, 5.74) is 0.972. The minimum absolute atomic E-state index is 0.00333. The summed E-state index contributed by atoms with van der Waals surface area (Å²) < 4.78 is 13.3. The van der Waals surface area contributed by atoms with E-state index in [0.29, 0.717) is 22.6 Å². The fourth-order valence-corrected chi connectivity index (χ4v) is 1.90. The van der Waals surface area contributed by atoms with E-state index in [0.717, 1.165) is 0 Å². The number of hydrogen-bond donors (Lipinski definition) is 0. The van der Waals surface area contributed by atoms with Crippen molar-refractivity contribution >= 4 is 17.4 Å². The van der Waals surface area contributed by atoms with Crippen LogP contribution in [0.2, 0.25) is 5.02 Å². The molecule has 13 heavy (non-hydrogen) atoms. The van der Waals surface area contributed by atoms with Gasteiger partial charge in [-0.05, 0) is 24.1 Å². The molecule has 2 rings (SSSR count). The van der Waals surface area contributed by atoms with Crippen molar-refractivity contribution in [3.8, 4) is 0 Å². The predicted octanol–water partition coefficient (Wildman–Crippen LogP) is 2.85. The fourth-order valence-electron chi connectivity index (χ4n) is 1.70. The molecule has 3 heteroatoms. The summed E-state index contributed by atoms with van der Waals surface area (Å²) >= 11 is 5.65. The Balaban J connectivity index is 2.64. The molecular weight excluding hydrogens is 191 g/mol. The standard InChI is InChI=1S/C10H8ClFO/c1-5-2-7-8(10(5)13)3-6(11)4-9(7)12/h3-5H,2H2,1H3. The topological polar surface area (TPSA) is 17.1 Å². The molecular formula is C10H8ClFO. The Morgan fingerprint density at radius 3 is 2.92 bits per heavy atom. The van der Waals surface area contributed by atoms with Gasteiger partial charge in [0.2, 0.25) is 0 Å². The molecule has 0 radical (unpaired) electrons. The van der Waals surface area contributed by atoms with Gasteiger partial charge < -0.3 is 0 Å². The molecule has 1 aromatic carbocycles. The van der Waals surface area contributed by atoms with Gasteiger partial charge in [-0.25, -0.2) is 4.39 Å². The molecule has 0 amide bonds. The average Bonchev–Trinajstić information content (AvgIpc) is 2.32. The Labute approximate surface area is 80.5 Å². The molecule has 68 valence electrons. The van der Waals surface area contributed by atoms with Crippen LogP contribution in [-0.4, -0.2) is 5.78 Å². The van der Waals surface area contributed by atoms with Crippen molar-refractivity contribution in [2.75, 3.05) is 0 Å². The first-order valence-corrected chi connectivity index (χ1v) is 4.49. The number of rotatable bonds is 0. The summed E-state index contributed by atoms with van der Waals surface area (Å²) in [6.45, 7) is 1.80. The van der Waals surface area contributed by atoms with Crippen LogP contribution >= 0.6 is 11.6 Å². The minimum atomic E-state index is -0.361. The molecule has 0 fully saturated rings. The van der Waals surface area contributed by atoms with E-state index in [1.807, 2.05) is 0 Å². The number of ketones is 1. The van der Waals surface area contributed by atoms with Crippen LogP contribution in [-0.2, 0) is 6.42 Å². The van der Waals surface area contributed by atoms with Crippen molar-refractivity contribution in [1.82, 2.24) is 0 Å². The smallest absolute Gasteiger partial charge is 0.166 e. The molecule has 0 heterocycles. The van der Waals surface area contributed by atoms with Crippen molar-refractivity contribution in [1.29, 1.82) is 0 Å². The highest BCUT2D eigenvalue weighted by Crippen LogP contribution is 2.30. The molecule has 0 saturated heterocycles. The lowest BCUT2D eigenvalue weighted by Crippen LogP contribution is -2.02. The van der Waals surface area contributed by atoms with E-state index < -0.39 is 0 Å². The number of hydrogen-bond acceptors (Lipinski definition) is 1. The molecule has 0 spiro atoms. The van der Waals surface area contributed by atoms with Gasteiger partial charge in [0.05, 0.1) is 0 Å². The van der Waals surface area contributed by atoms with Crippen LogP contribution in [0.4, 0.5) is 4.39 Å². The lowest BCUT2D eigenvalue weighted by atomic mass is 10.1. The molecule has 0 N–H and O–H groups in total. The lowest BCUT2D eigenvalue weighted by Gasteiger charge is -1.99. The quantitative estimate of drug-likeness (QED) is 0.627. The monoisotopic (exact) mass is 198 g/mol. The second kappa shape index (κ2) is 2.81. The normalized spacial score (nSPS) is 20.5. The van der Waals surface area contributed by atoms with Gasteiger partial charge in [0.1, 0.15) is 5.82 Å². The van der Waals surface area contributed by atoms with Crippen molar-refractivity contribution < 1.29 is 9.18 Å². The predicted molar refractivity (Wildman–Crippen MR) is 48.6 cm³/mol. The Morgan fingerprint density at radius 1 is 1.54 bits per heavy atom. The van der Waals surface area contributed by atoms with E-state index >= 15 is 0 Å². The van der Waals surface area contributed by atoms with E-state index in [1.165, 1.54) is 6.07 Å². The fraction of sp³-hybridized carbons (Fsp3) is 0.300. The van der Waals surface area contributed by atoms with E-state index in [4.69, 9.17) is 11.6 Å². The third-order valence-electron chi connectivity index (χ3n) is 2.38. The van der Waals surface area contributed by atoms with Crippen molar-refractivity contribution in [2.45, 2.75) is 13.3 Å². The second-order valence-electron chi connectivity index (χ2n) is 3.38. The first kappa shape index (κ1) is 8.70. The largest absolute Gasteiger partial charge is 0.294 e. The van der Waals surface area contributed by atoms with Gasteiger partial charge >= 0.3 is 0 Å². The van der Waals surface area contributed by atoms with Crippen molar-refractivity contribution in [3.05, 3.63) is 34.1 Å². The Bertz CT molecular complexity index is 387. The van der Waals surface area contributed by atoms with Gasteiger partial charge in [-0.2, -0.15) is 0 Å². The van der Waals surface area contributed by atoms with E-state index in [-0.39, 0.29) is 17.5 Å². The van der Waals surface area contributed by atoms with Crippen molar-refractivity contribution in [2.24, 2.45) is 5.92 Å². The van der Waals surface area contributed by atoms with Gasteiger partial charge in [-0.15, -0.1) is 0 Å². The highest BCUT2D eigenvalue weighted by Gasteiger charge is 2.29. The number of fused-ring (bicyclic) bond motifs is 1. The van der Waals surface area contributed by atoms with Crippen LogP contribution in [0.15, 0.2) is 12.1 Å². The summed E-state index contributed by atoms with van der Waals surface area (Å²) in [6.07, 6.45) is 0.497. The maximum atomic E-state index is 13.3. The molecule has 1 atom stereocenters. The average molecular weight is 199 g/mol. The van der Waals surface area contributed by atoms with Crippen LogP contribution in [0.25, 0.3) is 0 Å². The number of carbonyl (C=O) groups excluding carboxylic acids is 1. The molecule has 1 aromatic rings. The maximum Gasteiger partial charge on any atom is 0.166 e. The summed E-state index contributed by atoms with van der Waals surface area (Å²) in [7, 11) is 0. The van der Waals surface area contributed by atoms with Gasteiger partial charge in [-0.3, -0.25) is 4.79 Å². The third kappa shape index (κ3) is 1.25. The summed E-state index contributed by atoms with van der Waals surface area (Å²) in [5, 5.41) is 0.290. The van der Waals surface area contributed by atoms with Crippen LogP contribution in [0.3, 0.4) is 0 Å². The molecule has 1 unspecified atom stereocenters. The molecule has 1 aliphatic rings. The summed E-state index contributed by atoms with van der Waals surface area (Å²) in [6, 6.07) is 2.80. The van der Waals surface area contributed by atoms with E-state index in [1.54, 1.807) is 13.0 Å². The zero-order valence-electron chi connectivity index (χ0n) is 7.10. The van der Waals surface area contributed by atoms with E-state index in [9.17, 15) is 9.18 Å². The zero-order chi connectivity index (χ0) is 9.59. The van der Waals surface area contributed by atoms with Gasteiger partial charge in [0, 0.05) is 16.5 Å². The van der Waals surface area contributed by atoms with Crippen LogP contribution in [0, 0.1) is 11.7 Å². The summed E-state index contributed by atoms with van der Waals surface area (Å²) in [5.74, 6) is -0.473. The zero-order valence-corrected chi connectivity index (χ0v) is 7.86. The molecule has 0 saturated carbocycles. The molecule has 1 nitrogen and oxygen atoms in total. The molecule has 1 aliphatic carbocycles. The maximum absolute atomic E-state index is 13.3. The van der Waals surface area contributed by atoms with Crippen LogP contribution < -0.4 is 0 Å². The SMILES string of the molecule is CC1Cc2c(F)cc(Cl)cc2C1=O. The minimum Gasteiger partial charge on any atom is -0.294 e. The second-order valence-corrected chi connectivity index (χ2v) is 3.82. The Kier molecular flexibility index (Phi) is 1.88. The lowest BCUT2D eigenvalue weighted by molar-refractivity contribution is 0.0946. The highest BCUT2D eigenvalue weighted by atomic mass is 35.5. The molecule has 0 aliphatic heterocycles. The molecule has 0 aromatic heterocycles. The first-order valence-electron chi connectivity index (χ1n) is 4.11. The Morgan fingerprint density at radius 2 is 2.23 bits per heavy atom.